The monoisotopic (exact) mass is 237 g/mol. The average molecular weight is 238 g/mol. The molecule has 0 bridgehead atoms. The van der Waals surface area contributed by atoms with Gasteiger partial charge in [-0.2, -0.15) is 0 Å². The molecule has 0 aliphatic rings. The Hall–Kier alpha value is -1.05. The van der Waals surface area contributed by atoms with Crippen LogP contribution in [-0.4, -0.2) is 4.98 Å². The average Bonchev–Trinajstić information content (AvgIpc) is 2.26. The molecule has 0 spiro atoms. The SMILES string of the molecule is Clc1cccc(Cc2ccccn2)c1Cl. The van der Waals surface area contributed by atoms with Crippen LogP contribution in [0.3, 0.4) is 0 Å². The van der Waals surface area contributed by atoms with Crippen LogP contribution in [0.1, 0.15) is 11.3 Å². The van der Waals surface area contributed by atoms with Crippen molar-refractivity contribution in [3.63, 3.8) is 0 Å². The Labute approximate surface area is 98.7 Å². The van der Waals surface area contributed by atoms with E-state index in [-0.39, 0.29) is 0 Å². The van der Waals surface area contributed by atoms with Crippen LogP contribution in [0.15, 0.2) is 42.6 Å². The van der Waals surface area contributed by atoms with Crippen molar-refractivity contribution >= 4 is 23.2 Å². The van der Waals surface area contributed by atoms with E-state index in [1.807, 2.05) is 30.3 Å². The van der Waals surface area contributed by atoms with E-state index in [0.717, 1.165) is 11.3 Å². The van der Waals surface area contributed by atoms with Crippen molar-refractivity contribution in [1.29, 1.82) is 0 Å². The fourth-order valence-corrected chi connectivity index (χ4v) is 1.77. The van der Waals surface area contributed by atoms with Gasteiger partial charge in [-0.15, -0.1) is 0 Å². The van der Waals surface area contributed by atoms with Crippen molar-refractivity contribution < 1.29 is 0 Å². The van der Waals surface area contributed by atoms with Crippen LogP contribution in [0.25, 0.3) is 0 Å². The first kappa shape index (κ1) is 10.5. The highest BCUT2D eigenvalue weighted by Gasteiger charge is 2.05. The zero-order valence-corrected chi connectivity index (χ0v) is 9.46. The van der Waals surface area contributed by atoms with E-state index >= 15 is 0 Å². The normalized spacial score (nSPS) is 10.3. The highest BCUT2D eigenvalue weighted by atomic mass is 35.5. The van der Waals surface area contributed by atoms with E-state index in [0.29, 0.717) is 16.5 Å². The van der Waals surface area contributed by atoms with Gasteiger partial charge in [0.15, 0.2) is 0 Å². The number of hydrogen-bond acceptors (Lipinski definition) is 1. The Balaban J connectivity index is 2.29. The molecule has 0 N–H and O–H groups in total. The second kappa shape index (κ2) is 4.65. The molecule has 0 aliphatic heterocycles. The number of rotatable bonds is 2. The first-order valence-corrected chi connectivity index (χ1v) is 5.36. The minimum absolute atomic E-state index is 0.588. The fraction of sp³-hybridized carbons (Fsp3) is 0.0833. The van der Waals surface area contributed by atoms with Gasteiger partial charge in [0, 0.05) is 18.3 Å². The van der Waals surface area contributed by atoms with Gasteiger partial charge in [0.05, 0.1) is 10.0 Å². The van der Waals surface area contributed by atoms with Crippen LogP contribution in [-0.2, 0) is 6.42 Å². The minimum atomic E-state index is 0.588. The molecule has 3 heteroatoms. The minimum Gasteiger partial charge on any atom is -0.261 e. The smallest absolute Gasteiger partial charge is 0.0628 e. The van der Waals surface area contributed by atoms with E-state index < -0.39 is 0 Å². The van der Waals surface area contributed by atoms with Gasteiger partial charge in [0.2, 0.25) is 0 Å². The zero-order valence-electron chi connectivity index (χ0n) is 7.95. The molecule has 1 aromatic carbocycles. The molecule has 0 aliphatic carbocycles. The van der Waals surface area contributed by atoms with Crippen LogP contribution in [0.5, 0.6) is 0 Å². The van der Waals surface area contributed by atoms with Gasteiger partial charge in [-0.05, 0) is 23.8 Å². The summed E-state index contributed by atoms with van der Waals surface area (Å²) < 4.78 is 0. The van der Waals surface area contributed by atoms with E-state index in [2.05, 4.69) is 4.98 Å². The summed E-state index contributed by atoms with van der Waals surface area (Å²) in [6.07, 6.45) is 2.48. The molecule has 0 saturated carbocycles. The van der Waals surface area contributed by atoms with Crippen molar-refractivity contribution in [2.75, 3.05) is 0 Å². The lowest BCUT2D eigenvalue weighted by molar-refractivity contribution is 1.07. The maximum Gasteiger partial charge on any atom is 0.0628 e. The lowest BCUT2D eigenvalue weighted by Crippen LogP contribution is -1.92. The summed E-state index contributed by atoms with van der Waals surface area (Å²) in [5, 5.41) is 1.20. The van der Waals surface area contributed by atoms with E-state index in [1.165, 1.54) is 0 Å². The molecule has 15 heavy (non-hydrogen) atoms. The van der Waals surface area contributed by atoms with Crippen molar-refractivity contribution in [3.8, 4) is 0 Å². The molecule has 0 unspecified atom stereocenters. The highest BCUT2D eigenvalue weighted by molar-refractivity contribution is 6.42. The zero-order chi connectivity index (χ0) is 10.7. The Bertz CT molecular complexity index is 454. The van der Waals surface area contributed by atoms with Gasteiger partial charge in [0.25, 0.3) is 0 Å². The van der Waals surface area contributed by atoms with Gasteiger partial charge < -0.3 is 0 Å². The maximum absolute atomic E-state index is 6.08. The summed E-state index contributed by atoms with van der Waals surface area (Å²) in [7, 11) is 0. The van der Waals surface area contributed by atoms with E-state index in [1.54, 1.807) is 12.3 Å². The number of nitrogens with zero attached hydrogens (tertiary/aromatic N) is 1. The topological polar surface area (TPSA) is 12.9 Å². The van der Waals surface area contributed by atoms with Crippen LogP contribution in [0, 0.1) is 0 Å². The van der Waals surface area contributed by atoms with Crippen molar-refractivity contribution in [1.82, 2.24) is 4.98 Å². The second-order valence-electron chi connectivity index (χ2n) is 3.21. The van der Waals surface area contributed by atoms with Crippen LogP contribution < -0.4 is 0 Å². The Morgan fingerprint density at radius 2 is 1.87 bits per heavy atom. The van der Waals surface area contributed by atoms with Gasteiger partial charge in [-0.25, -0.2) is 0 Å². The first-order chi connectivity index (χ1) is 7.27. The molecule has 0 radical (unpaired) electrons. The lowest BCUT2D eigenvalue weighted by Gasteiger charge is -2.04. The van der Waals surface area contributed by atoms with Crippen LogP contribution in [0.2, 0.25) is 10.0 Å². The van der Waals surface area contributed by atoms with Crippen molar-refractivity contribution in [3.05, 3.63) is 63.9 Å². The largest absolute Gasteiger partial charge is 0.261 e. The first-order valence-electron chi connectivity index (χ1n) is 4.60. The van der Waals surface area contributed by atoms with Gasteiger partial charge in [-0.3, -0.25) is 4.98 Å². The van der Waals surface area contributed by atoms with Gasteiger partial charge in [0.1, 0.15) is 0 Å². The standard InChI is InChI=1S/C12H9Cl2N/c13-11-6-3-4-9(12(11)14)8-10-5-1-2-7-15-10/h1-7H,8H2. The molecule has 0 atom stereocenters. The molecular weight excluding hydrogens is 229 g/mol. The number of benzene rings is 1. The molecule has 1 heterocycles. The quantitative estimate of drug-likeness (QED) is 0.771. The van der Waals surface area contributed by atoms with Crippen LogP contribution in [0.4, 0.5) is 0 Å². The molecule has 1 aromatic heterocycles. The second-order valence-corrected chi connectivity index (χ2v) is 4.00. The van der Waals surface area contributed by atoms with Crippen molar-refractivity contribution in [2.45, 2.75) is 6.42 Å². The molecule has 0 saturated heterocycles. The lowest BCUT2D eigenvalue weighted by atomic mass is 10.1. The summed E-state index contributed by atoms with van der Waals surface area (Å²) in [5.74, 6) is 0. The van der Waals surface area contributed by atoms with E-state index in [9.17, 15) is 0 Å². The molecule has 76 valence electrons. The highest BCUT2D eigenvalue weighted by Crippen LogP contribution is 2.26. The van der Waals surface area contributed by atoms with Crippen molar-refractivity contribution in [2.24, 2.45) is 0 Å². The third-order valence-electron chi connectivity index (χ3n) is 2.13. The number of halogens is 2. The summed E-state index contributed by atoms with van der Waals surface area (Å²) in [5.41, 5.74) is 1.99. The Morgan fingerprint density at radius 1 is 1.00 bits per heavy atom. The Kier molecular flexibility index (Phi) is 3.24. The predicted molar refractivity (Wildman–Crippen MR) is 63.5 cm³/mol. The van der Waals surface area contributed by atoms with Crippen LogP contribution >= 0.6 is 23.2 Å². The van der Waals surface area contributed by atoms with Gasteiger partial charge in [-0.1, -0.05) is 41.4 Å². The summed E-state index contributed by atoms with van der Waals surface area (Å²) >= 11 is 12.0. The molecule has 2 aromatic rings. The predicted octanol–water partition coefficient (Wildman–Crippen LogP) is 3.98. The van der Waals surface area contributed by atoms with Gasteiger partial charge >= 0.3 is 0 Å². The molecule has 1 nitrogen and oxygen atoms in total. The molecular formula is C12H9Cl2N. The number of pyridine rings is 1. The molecule has 2 rings (SSSR count). The summed E-state index contributed by atoms with van der Waals surface area (Å²) in [4.78, 5) is 4.24. The third kappa shape index (κ3) is 2.49. The summed E-state index contributed by atoms with van der Waals surface area (Å²) in [6.45, 7) is 0. The molecule has 0 amide bonds. The maximum atomic E-state index is 6.08. The Morgan fingerprint density at radius 3 is 2.60 bits per heavy atom. The summed E-state index contributed by atoms with van der Waals surface area (Å²) in [6, 6.07) is 11.5. The number of aromatic nitrogens is 1. The third-order valence-corrected chi connectivity index (χ3v) is 2.99. The number of hydrogen-bond donors (Lipinski definition) is 0. The molecule has 0 fully saturated rings. The fourth-order valence-electron chi connectivity index (χ4n) is 1.38. The van der Waals surface area contributed by atoms with E-state index in [4.69, 9.17) is 23.2 Å².